The smallest absolute Gasteiger partial charge is 0.412 e. The number of aromatic nitrogens is 2. The van der Waals surface area contributed by atoms with E-state index in [1.54, 1.807) is 31.2 Å². The molecule has 27 heteroatoms. The summed E-state index contributed by atoms with van der Waals surface area (Å²) in [6.45, 7) is 1.10. The van der Waals surface area contributed by atoms with E-state index in [2.05, 4.69) is 5.32 Å². The van der Waals surface area contributed by atoms with Gasteiger partial charge in [-0.25, -0.2) is 27.8 Å². The predicted molar refractivity (Wildman–Crippen MR) is 264 cm³/mol. The molecule has 1 saturated heterocycles. The van der Waals surface area contributed by atoms with Gasteiger partial charge in [-0.3, -0.25) is 33.8 Å². The second-order valence-electron chi connectivity index (χ2n) is 18.7. The van der Waals surface area contributed by atoms with E-state index >= 15 is 0 Å². The van der Waals surface area contributed by atoms with Crippen molar-refractivity contribution in [3.63, 3.8) is 0 Å². The van der Waals surface area contributed by atoms with Crippen molar-refractivity contribution in [1.82, 2.24) is 24.3 Å². The zero-order valence-electron chi connectivity index (χ0n) is 41.9. The number of amides is 5. The highest BCUT2D eigenvalue weighted by Crippen LogP contribution is 2.41. The number of imide groups is 1. The van der Waals surface area contributed by atoms with Gasteiger partial charge in [-0.15, -0.1) is 0 Å². The van der Waals surface area contributed by atoms with Crippen molar-refractivity contribution < 1.29 is 91.2 Å². The Morgan fingerprint density at radius 2 is 1.69 bits per heavy atom. The van der Waals surface area contributed by atoms with Crippen LogP contribution < -0.4 is 20.3 Å². The molecule has 1 fully saturated rings. The van der Waals surface area contributed by atoms with Crippen LogP contribution in [0.15, 0.2) is 59.4 Å². The molecule has 4 aliphatic rings. The van der Waals surface area contributed by atoms with Gasteiger partial charge in [0.05, 0.1) is 47.0 Å². The molecule has 26 nitrogen and oxygen atoms in total. The molecule has 0 unspecified atom stereocenters. The number of nitrogens with zero attached hydrogens (tertiary/aromatic N) is 5. The largest absolute Gasteiger partial charge is 0.479 e. The Hall–Kier alpha value is -7.82. The Bertz CT molecular complexity index is 3290. The summed E-state index contributed by atoms with van der Waals surface area (Å²) in [6.07, 6.45) is -7.90. The van der Waals surface area contributed by atoms with Crippen LogP contribution in [0.5, 0.6) is 11.5 Å². The number of hydrogen-bond donors (Lipinski definition) is 6. The molecule has 6 N–H and O–H groups in total. The maximum absolute atomic E-state index is 13.8. The van der Waals surface area contributed by atoms with E-state index in [1.807, 2.05) is 6.92 Å². The zero-order valence-corrected chi connectivity index (χ0v) is 42.7. The van der Waals surface area contributed by atoms with Crippen molar-refractivity contribution in [3.05, 3.63) is 92.8 Å². The third kappa shape index (κ3) is 11.4. The summed E-state index contributed by atoms with van der Waals surface area (Å²) >= 11 is 0. The number of rotatable bonds is 19. The maximum Gasteiger partial charge on any atom is 0.412 e. The van der Waals surface area contributed by atoms with Crippen LogP contribution in [0.3, 0.4) is 0 Å². The second-order valence-corrected chi connectivity index (χ2v) is 20.9. The first kappa shape index (κ1) is 55.4. The SMILES string of the molecule is CCc1c2c(nc3ccc(OCN(CCS(C)(=O)=O)C(=O)OCc4ccc(O[C@@H]5O[C@H](C(=O)O)[C@@H](O)[C@H](O)[C@H]5O)c(NC(=O)CN(C)C(=O)CCN5C(=O)C=CC5=O)c4)cc13)-c1cc3c(c(=O)n1C2)COC(=O)[C@]3(O)CC. The number of aliphatic carboxylic acids is 1. The topological polar surface area (TPSA) is 358 Å². The first-order chi connectivity index (χ1) is 36.4. The highest BCUT2D eigenvalue weighted by molar-refractivity contribution is 7.90. The normalized spacial score (nSPS) is 21.5. The zero-order chi connectivity index (χ0) is 55.8. The van der Waals surface area contributed by atoms with Crippen molar-refractivity contribution >= 4 is 68.1 Å². The lowest BCUT2D eigenvalue weighted by atomic mass is 9.86. The van der Waals surface area contributed by atoms with Crippen LogP contribution in [-0.4, -0.2) is 176 Å². The lowest BCUT2D eigenvalue weighted by Gasteiger charge is -2.38. The molecular weight excluding hydrogens is 1040 g/mol. The summed E-state index contributed by atoms with van der Waals surface area (Å²) in [5, 5.41) is 55.3. The summed E-state index contributed by atoms with van der Waals surface area (Å²) in [6, 6.07) is 10.3. The van der Waals surface area contributed by atoms with Gasteiger partial charge in [-0.2, -0.15) is 0 Å². The highest BCUT2D eigenvalue weighted by Gasteiger charge is 2.49. The van der Waals surface area contributed by atoms with Crippen LogP contribution >= 0.6 is 0 Å². The molecule has 0 saturated carbocycles. The number of carbonyl (C=O) groups excluding carboxylic acids is 6. The van der Waals surface area contributed by atoms with E-state index in [0.717, 1.165) is 44.2 Å². The van der Waals surface area contributed by atoms with Gasteiger partial charge in [0.25, 0.3) is 17.4 Å². The first-order valence-electron chi connectivity index (χ1n) is 24.1. The molecule has 4 aliphatic heterocycles. The third-order valence-corrected chi connectivity index (χ3v) is 14.4. The van der Waals surface area contributed by atoms with E-state index in [4.69, 9.17) is 28.7 Å². The van der Waals surface area contributed by atoms with Gasteiger partial charge < -0.3 is 64.0 Å². The average Bonchev–Trinajstić information content (AvgIpc) is 4.11. The summed E-state index contributed by atoms with van der Waals surface area (Å²) in [4.78, 5) is 110. The van der Waals surface area contributed by atoms with Crippen LogP contribution in [0.2, 0.25) is 0 Å². The van der Waals surface area contributed by atoms with E-state index in [-0.39, 0.29) is 73.0 Å². The predicted octanol–water partition coefficient (Wildman–Crippen LogP) is -0.355. The van der Waals surface area contributed by atoms with Crippen molar-refractivity contribution in [2.75, 3.05) is 50.7 Å². The fourth-order valence-electron chi connectivity index (χ4n) is 9.19. The van der Waals surface area contributed by atoms with Crippen LogP contribution in [0, 0.1) is 0 Å². The number of hydrogen-bond acceptors (Lipinski definition) is 20. The highest BCUT2D eigenvalue weighted by atomic mass is 32.2. The van der Waals surface area contributed by atoms with E-state index in [1.165, 1.54) is 29.8 Å². The number of sulfone groups is 1. The van der Waals surface area contributed by atoms with E-state index in [0.29, 0.717) is 28.7 Å². The molecule has 6 atom stereocenters. The Morgan fingerprint density at radius 3 is 2.36 bits per heavy atom. The monoisotopic (exact) mass is 1090 g/mol. The second kappa shape index (κ2) is 22.0. The number of aliphatic hydroxyl groups is 4. The molecular formula is C50H54N6O20S. The number of ether oxygens (including phenoxy) is 5. The Labute approximate surface area is 437 Å². The molecule has 2 aromatic heterocycles. The van der Waals surface area contributed by atoms with Crippen LogP contribution in [0.4, 0.5) is 10.5 Å². The summed E-state index contributed by atoms with van der Waals surface area (Å²) in [5.41, 5.74) is 0.883. The van der Waals surface area contributed by atoms with Crippen LogP contribution in [-0.2, 0) is 84.6 Å². The fraction of sp³-hybridized carbons (Fsp3) is 0.420. The minimum absolute atomic E-state index is 0.0214. The van der Waals surface area contributed by atoms with Crippen molar-refractivity contribution in [2.45, 2.75) is 89.2 Å². The number of likely N-dealkylation sites (N-methyl/N-ethyl adjacent to an activating group) is 1. The van der Waals surface area contributed by atoms with E-state index < -0.39 is 119 Å². The minimum atomic E-state index is -3.64. The number of pyridine rings is 2. The summed E-state index contributed by atoms with van der Waals surface area (Å²) in [5.74, 6) is -5.75. The lowest BCUT2D eigenvalue weighted by Crippen LogP contribution is -2.61. The number of anilines is 1. The maximum atomic E-state index is 13.8. The molecule has 0 spiro atoms. The van der Waals surface area contributed by atoms with Gasteiger partial charge in [-0.05, 0) is 60.4 Å². The van der Waals surface area contributed by atoms with Gasteiger partial charge in [0, 0.05) is 61.5 Å². The molecule has 6 heterocycles. The standard InChI is InChI=1S/C50H54N6O20S/c1-5-27-28-18-26(8-9-32(28)52-40-29(27)20-56-34(40)19-31-30(45(56)64)23-72-48(67)50(31,69)6-2)74-24-54(15-16-77(4,70)71)49(68)73-22-25-7-10-35(75-47-43(63)41(61)42(62)44(76-47)46(65)66)33(17-25)51-36(57)21-53(3)37(58)13-14-55-38(59)11-12-39(55)60/h7-12,17-19,41-44,47,61-63,69H,5-6,13-16,20-24H2,1-4H3,(H,51,57)(H,65,66)/t41-,42-,43+,44-,47+,50-/m0/s1. The van der Waals surface area contributed by atoms with Crippen LogP contribution in [0.25, 0.3) is 22.3 Å². The molecule has 0 bridgehead atoms. The molecule has 0 radical (unpaired) electrons. The molecule has 4 aromatic rings. The van der Waals surface area contributed by atoms with Gasteiger partial charge >= 0.3 is 18.0 Å². The minimum Gasteiger partial charge on any atom is -0.479 e. The number of carboxylic acid groups (broad SMARTS) is 1. The Kier molecular flexibility index (Phi) is 15.9. The summed E-state index contributed by atoms with van der Waals surface area (Å²) < 4.78 is 54.0. The Morgan fingerprint density at radius 1 is 0.961 bits per heavy atom. The number of carbonyl (C=O) groups is 7. The molecule has 0 aliphatic carbocycles. The number of aliphatic hydroxyl groups excluding tert-OH is 3. The van der Waals surface area contributed by atoms with Gasteiger partial charge in [0.1, 0.15) is 52.9 Å². The summed E-state index contributed by atoms with van der Waals surface area (Å²) in [7, 11) is -2.36. The first-order valence-corrected chi connectivity index (χ1v) is 26.1. The fourth-order valence-corrected chi connectivity index (χ4v) is 9.74. The number of aryl methyl sites for hydroxylation is 1. The van der Waals surface area contributed by atoms with Crippen molar-refractivity contribution in [1.29, 1.82) is 0 Å². The molecule has 5 amide bonds. The lowest BCUT2D eigenvalue weighted by molar-refractivity contribution is -0.271. The third-order valence-electron chi connectivity index (χ3n) is 13.5. The van der Waals surface area contributed by atoms with Gasteiger partial charge in [-0.1, -0.05) is 19.9 Å². The molecule has 410 valence electrons. The number of esters is 1. The van der Waals surface area contributed by atoms with Gasteiger partial charge in [0.15, 0.2) is 18.4 Å². The number of cyclic esters (lactones) is 1. The van der Waals surface area contributed by atoms with E-state index in [9.17, 15) is 72.3 Å². The molecule has 77 heavy (non-hydrogen) atoms. The number of nitrogens with one attached hydrogen (secondary N) is 1. The molecule has 8 rings (SSSR count). The Balaban J connectivity index is 0.994. The van der Waals surface area contributed by atoms with Crippen molar-refractivity contribution in [2.24, 2.45) is 0 Å². The van der Waals surface area contributed by atoms with Gasteiger partial charge in [0.2, 0.25) is 18.1 Å². The average molecular weight is 1090 g/mol. The van der Waals surface area contributed by atoms with Crippen molar-refractivity contribution in [3.8, 4) is 22.9 Å². The number of benzene rings is 2. The number of carboxylic acids is 1. The quantitative estimate of drug-likeness (QED) is 0.0349. The van der Waals surface area contributed by atoms with Crippen LogP contribution in [0.1, 0.15) is 54.5 Å². The molecule has 2 aromatic carbocycles. The number of fused-ring (bicyclic) bond motifs is 5.